The lowest BCUT2D eigenvalue weighted by molar-refractivity contribution is -0.133. The summed E-state index contributed by atoms with van der Waals surface area (Å²) in [5, 5.41) is 15.9. The second-order valence-electron chi connectivity index (χ2n) is 9.07. The Morgan fingerprint density at radius 2 is 1.71 bits per heavy atom. The minimum absolute atomic E-state index is 0.0805. The van der Waals surface area contributed by atoms with Crippen LogP contribution in [-0.4, -0.2) is 53.1 Å². The number of halogens is 1. The van der Waals surface area contributed by atoms with Crippen LogP contribution >= 0.6 is 11.6 Å². The standard InChI is InChI=1S/C29H29ClN4O4/c1-19-25(27(35)36)26(22-10-6-11-23(30)18-22)34(29(38)31-19)17-7-16-33(2)28(37)32-24-14-12-21(13-15-24)20-8-4-3-5-9-20/h3-6,8-15,18,26H,7,16-17H2,1-2H3,(H,31,38)(H,32,37)(H,35,36). The highest BCUT2D eigenvalue weighted by molar-refractivity contribution is 6.30. The molecule has 0 fully saturated rings. The third kappa shape index (κ3) is 6.15. The number of anilines is 1. The number of carboxylic acids is 1. The lowest BCUT2D eigenvalue weighted by Crippen LogP contribution is -2.49. The number of carbonyl (C=O) groups excluding carboxylic acids is 2. The summed E-state index contributed by atoms with van der Waals surface area (Å²) in [5.74, 6) is -1.12. The number of hydrogen-bond donors (Lipinski definition) is 3. The van der Waals surface area contributed by atoms with E-state index in [-0.39, 0.29) is 18.1 Å². The molecule has 196 valence electrons. The average molecular weight is 533 g/mol. The summed E-state index contributed by atoms with van der Waals surface area (Å²) in [6, 6.07) is 22.9. The first-order chi connectivity index (χ1) is 18.2. The van der Waals surface area contributed by atoms with Crippen LogP contribution in [0.4, 0.5) is 15.3 Å². The highest BCUT2D eigenvalue weighted by atomic mass is 35.5. The van der Waals surface area contributed by atoms with E-state index < -0.39 is 18.0 Å². The van der Waals surface area contributed by atoms with E-state index in [1.807, 2.05) is 54.6 Å². The number of nitrogens with one attached hydrogen (secondary N) is 2. The molecular weight excluding hydrogens is 504 g/mol. The fraction of sp³-hybridized carbons (Fsp3) is 0.207. The van der Waals surface area contributed by atoms with Gasteiger partial charge in [-0.1, -0.05) is 66.2 Å². The molecule has 3 N–H and O–H groups in total. The molecule has 0 radical (unpaired) electrons. The first-order valence-corrected chi connectivity index (χ1v) is 12.6. The minimum atomic E-state index is -1.12. The zero-order chi connectivity index (χ0) is 27.2. The van der Waals surface area contributed by atoms with Gasteiger partial charge < -0.3 is 25.5 Å². The molecule has 4 amide bonds. The van der Waals surface area contributed by atoms with Crippen molar-refractivity contribution in [3.8, 4) is 11.1 Å². The molecule has 0 saturated carbocycles. The molecule has 1 unspecified atom stereocenters. The van der Waals surface area contributed by atoms with Crippen molar-refractivity contribution in [2.75, 3.05) is 25.5 Å². The molecule has 0 spiro atoms. The van der Waals surface area contributed by atoms with E-state index in [0.717, 1.165) is 11.1 Å². The second kappa shape index (κ2) is 11.8. The summed E-state index contributed by atoms with van der Waals surface area (Å²) in [5.41, 5.74) is 3.79. The normalized spacial score (nSPS) is 15.2. The molecule has 1 heterocycles. The monoisotopic (exact) mass is 532 g/mol. The molecule has 0 saturated heterocycles. The Kier molecular flexibility index (Phi) is 8.33. The SMILES string of the molecule is CC1=C(C(=O)O)C(c2cccc(Cl)c2)N(CCCN(C)C(=O)Nc2ccc(-c3ccccc3)cc2)C(=O)N1. The maximum Gasteiger partial charge on any atom is 0.335 e. The molecule has 1 aliphatic rings. The molecule has 1 aliphatic heterocycles. The van der Waals surface area contributed by atoms with Crippen LogP contribution in [-0.2, 0) is 4.79 Å². The van der Waals surface area contributed by atoms with Gasteiger partial charge in [-0.25, -0.2) is 14.4 Å². The van der Waals surface area contributed by atoms with E-state index in [0.29, 0.717) is 34.9 Å². The fourth-order valence-electron chi connectivity index (χ4n) is 4.48. The molecule has 8 nitrogen and oxygen atoms in total. The first kappa shape index (κ1) is 26.8. The zero-order valence-corrected chi connectivity index (χ0v) is 21.9. The Balaban J connectivity index is 1.39. The van der Waals surface area contributed by atoms with Gasteiger partial charge in [0.25, 0.3) is 0 Å². The smallest absolute Gasteiger partial charge is 0.335 e. The summed E-state index contributed by atoms with van der Waals surface area (Å²) in [6.07, 6.45) is 0.438. The Hall–Kier alpha value is -4.30. The number of allylic oxidation sites excluding steroid dienone is 1. The predicted octanol–water partition coefficient (Wildman–Crippen LogP) is 5.99. The van der Waals surface area contributed by atoms with Gasteiger partial charge in [-0.15, -0.1) is 0 Å². The fourth-order valence-corrected chi connectivity index (χ4v) is 4.68. The number of benzene rings is 3. The predicted molar refractivity (Wildman–Crippen MR) is 148 cm³/mol. The van der Waals surface area contributed by atoms with Gasteiger partial charge >= 0.3 is 18.0 Å². The van der Waals surface area contributed by atoms with Gasteiger partial charge in [-0.05, 0) is 54.3 Å². The molecule has 9 heteroatoms. The minimum Gasteiger partial charge on any atom is -0.478 e. The third-order valence-corrected chi connectivity index (χ3v) is 6.66. The van der Waals surface area contributed by atoms with E-state index in [1.54, 1.807) is 38.2 Å². The molecule has 3 aromatic rings. The number of carboxylic acid groups (broad SMARTS) is 1. The van der Waals surface area contributed by atoms with Gasteiger partial charge in [0.1, 0.15) is 0 Å². The summed E-state index contributed by atoms with van der Waals surface area (Å²) in [4.78, 5) is 40.7. The van der Waals surface area contributed by atoms with Crippen molar-refractivity contribution >= 4 is 35.3 Å². The molecule has 4 rings (SSSR count). The van der Waals surface area contributed by atoms with Crippen molar-refractivity contribution in [1.82, 2.24) is 15.1 Å². The summed E-state index contributed by atoms with van der Waals surface area (Å²) < 4.78 is 0. The lowest BCUT2D eigenvalue weighted by Gasteiger charge is -2.37. The maximum atomic E-state index is 12.9. The van der Waals surface area contributed by atoms with Crippen LogP contribution in [0, 0.1) is 0 Å². The van der Waals surface area contributed by atoms with Crippen molar-refractivity contribution < 1.29 is 19.5 Å². The molecule has 0 aliphatic carbocycles. The van der Waals surface area contributed by atoms with E-state index in [1.165, 1.54) is 9.80 Å². The van der Waals surface area contributed by atoms with Gasteiger partial charge in [-0.3, -0.25) is 0 Å². The van der Waals surface area contributed by atoms with Crippen molar-refractivity contribution in [2.24, 2.45) is 0 Å². The van der Waals surface area contributed by atoms with Crippen LogP contribution in [0.15, 0.2) is 90.1 Å². The van der Waals surface area contributed by atoms with Crippen molar-refractivity contribution in [3.63, 3.8) is 0 Å². The molecule has 38 heavy (non-hydrogen) atoms. The van der Waals surface area contributed by atoms with Crippen LogP contribution in [0.5, 0.6) is 0 Å². The number of aliphatic carboxylic acids is 1. The van der Waals surface area contributed by atoms with Crippen LogP contribution < -0.4 is 10.6 Å². The third-order valence-electron chi connectivity index (χ3n) is 6.42. The summed E-state index contributed by atoms with van der Waals surface area (Å²) in [6.45, 7) is 2.16. The average Bonchev–Trinajstić information content (AvgIpc) is 2.90. The van der Waals surface area contributed by atoms with Gasteiger partial charge in [-0.2, -0.15) is 0 Å². The Bertz CT molecular complexity index is 1360. The Morgan fingerprint density at radius 1 is 1.03 bits per heavy atom. The molecule has 0 bridgehead atoms. The van der Waals surface area contributed by atoms with Crippen LogP contribution in [0.3, 0.4) is 0 Å². The van der Waals surface area contributed by atoms with Crippen molar-refractivity contribution in [3.05, 3.63) is 101 Å². The van der Waals surface area contributed by atoms with E-state index in [9.17, 15) is 19.5 Å². The number of carbonyl (C=O) groups is 3. The quantitative estimate of drug-likeness (QED) is 0.332. The lowest BCUT2D eigenvalue weighted by atomic mass is 9.93. The number of urea groups is 2. The van der Waals surface area contributed by atoms with Gasteiger partial charge in [0, 0.05) is 36.5 Å². The first-order valence-electron chi connectivity index (χ1n) is 12.2. The van der Waals surface area contributed by atoms with E-state index in [4.69, 9.17) is 11.6 Å². The largest absolute Gasteiger partial charge is 0.478 e. The highest BCUT2D eigenvalue weighted by Gasteiger charge is 2.37. The number of nitrogens with zero attached hydrogens (tertiary/aromatic N) is 2. The maximum absolute atomic E-state index is 12.9. The van der Waals surface area contributed by atoms with Crippen molar-refractivity contribution in [1.29, 1.82) is 0 Å². The molecule has 0 aromatic heterocycles. The van der Waals surface area contributed by atoms with Gasteiger partial charge in [0.2, 0.25) is 0 Å². The molecular formula is C29H29ClN4O4. The zero-order valence-electron chi connectivity index (χ0n) is 21.1. The topological polar surface area (TPSA) is 102 Å². The highest BCUT2D eigenvalue weighted by Crippen LogP contribution is 2.34. The molecule has 3 aromatic carbocycles. The summed E-state index contributed by atoms with van der Waals surface area (Å²) in [7, 11) is 1.67. The summed E-state index contributed by atoms with van der Waals surface area (Å²) >= 11 is 6.17. The Labute approximate surface area is 226 Å². The van der Waals surface area contributed by atoms with Gasteiger partial charge in [0.05, 0.1) is 11.6 Å². The molecule has 1 atom stereocenters. The van der Waals surface area contributed by atoms with E-state index >= 15 is 0 Å². The van der Waals surface area contributed by atoms with Crippen molar-refractivity contribution in [2.45, 2.75) is 19.4 Å². The van der Waals surface area contributed by atoms with Crippen LogP contribution in [0.1, 0.15) is 24.9 Å². The second-order valence-corrected chi connectivity index (χ2v) is 9.51. The van der Waals surface area contributed by atoms with Crippen LogP contribution in [0.2, 0.25) is 5.02 Å². The number of hydrogen-bond acceptors (Lipinski definition) is 3. The number of amides is 4. The van der Waals surface area contributed by atoms with E-state index in [2.05, 4.69) is 10.6 Å². The Morgan fingerprint density at radius 3 is 2.37 bits per heavy atom. The van der Waals surface area contributed by atoms with Gasteiger partial charge in [0.15, 0.2) is 0 Å². The number of rotatable bonds is 8. The van der Waals surface area contributed by atoms with Crippen LogP contribution in [0.25, 0.3) is 11.1 Å².